The number of hydrogen-bond acceptors (Lipinski definition) is 5. The van der Waals surface area contributed by atoms with Crippen molar-refractivity contribution >= 4 is 17.7 Å². The minimum atomic E-state index is -0.921. The second-order valence-electron chi connectivity index (χ2n) is 8.37. The van der Waals surface area contributed by atoms with E-state index in [4.69, 9.17) is 4.74 Å². The van der Waals surface area contributed by atoms with Crippen molar-refractivity contribution in [1.29, 1.82) is 0 Å². The molecule has 0 spiro atoms. The van der Waals surface area contributed by atoms with E-state index in [1.165, 1.54) is 0 Å². The van der Waals surface area contributed by atoms with Crippen molar-refractivity contribution in [3.05, 3.63) is 83.2 Å². The Bertz CT molecular complexity index is 1120. The lowest BCUT2D eigenvalue weighted by molar-refractivity contribution is -0.149. The molecule has 0 saturated carbocycles. The van der Waals surface area contributed by atoms with Gasteiger partial charge in [0.15, 0.2) is 0 Å². The fraction of sp³-hybridized carbons (Fsp3) is 0.308. The van der Waals surface area contributed by atoms with Gasteiger partial charge in [-0.2, -0.15) is 5.10 Å². The smallest absolute Gasteiger partial charge is 0.328 e. The SMILES string of the molecule is Cc1nn(-c2ccccc2)c(C)c1C(=O)C(=O)N[C@@H](CC(C)C)C(=O)OCc1ccccc1. The molecule has 7 nitrogen and oxygen atoms in total. The number of esters is 1. The Morgan fingerprint density at radius 1 is 0.970 bits per heavy atom. The number of carbonyl (C=O) groups is 3. The number of nitrogens with zero attached hydrogens (tertiary/aromatic N) is 2. The van der Waals surface area contributed by atoms with E-state index >= 15 is 0 Å². The number of carbonyl (C=O) groups excluding carboxylic acids is 3. The van der Waals surface area contributed by atoms with Crippen LogP contribution in [0, 0.1) is 19.8 Å². The highest BCUT2D eigenvalue weighted by atomic mass is 16.5. The van der Waals surface area contributed by atoms with Gasteiger partial charge in [0.05, 0.1) is 22.6 Å². The number of aromatic nitrogens is 2. The third kappa shape index (κ3) is 5.94. The summed E-state index contributed by atoms with van der Waals surface area (Å²) in [6.07, 6.45) is 0.355. The van der Waals surface area contributed by atoms with Crippen LogP contribution in [0.15, 0.2) is 60.7 Å². The van der Waals surface area contributed by atoms with Crippen molar-refractivity contribution in [2.75, 3.05) is 0 Å². The standard InChI is InChI=1S/C26H29N3O4/c1-17(2)15-22(26(32)33-16-20-11-7-5-8-12-20)27-25(31)24(30)23-18(3)28-29(19(23)4)21-13-9-6-10-14-21/h5-14,17,22H,15-16H2,1-4H3,(H,27,31)/t22-/m0/s1. The third-order valence-electron chi connectivity index (χ3n) is 5.25. The molecule has 3 aromatic rings. The topological polar surface area (TPSA) is 90.3 Å². The number of ether oxygens (including phenoxy) is 1. The lowest BCUT2D eigenvalue weighted by Crippen LogP contribution is -2.45. The van der Waals surface area contributed by atoms with Gasteiger partial charge in [0.2, 0.25) is 0 Å². The molecule has 172 valence electrons. The molecule has 0 aliphatic rings. The summed E-state index contributed by atoms with van der Waals surface area (Å²) in [6.45, 7) is 7.40. The largest absolute Gasteiger partial charge is 0.459 e. The number of nitrogens with one attached hydrogen (secondary N) is 1. The number of benzene rings is 2. The zero-order valence-electron chi connectivity index (χ0n) is 19.4. The zero-order valence-corrected chi connectivity index (χ0v) is 19.4. The highest BCUT2D eigenvalue weighted by molar-refractivity contribution is 6.43. The maximum Gasteiger partial charge on any atom is 0.328 e. The van der Waals surface area contributed by atoms with Crippen molar-refractivity contribution < 1.29 is 19.1 Å². The summed E-state index contributed by atoms with van der Waals surface area (Å²) in [7, 11) is 0. The van der Waals surface area contributed by atoms with Gasteiger partial charge in [-0.1, -0.05) is 62.4 Å². The molecule has 1 heterocycles. The highest BCUT2D eigenvalue weighted by Crippen LogP contribution is 2.19. The van der Waals surface area contributed by atoms with Crippen molar-refractivity contribution in [3.63, 3.8) is 0 Å². The van der Waals surface area contributed by atoms with Crippen LogP contribution in [0.1, 0.15) is 47.6 Å². The van der Waals surface area contributed by atoms with Gasteiger partial charge in [-0.05, 0) is 43.9 Å². The van der Waals surface area contributed by atoms with Crippen molar-refractivity contribution in [2.24, 2.45) is 5.92 Å². The van der Waals surface area contributed by atoms with Crippen LogP contribution >= 0.6 is 0 Å². The molecule has 33 heavy (non-hydrogen) atoms. The van der Waals surface area contributed by atoms with Crippen LogP contribution in [0.2, 0.25) is 0 Å². The Hall–Kier alpha value is -3.74. The Morgan fingerprint density at radius 2 is 1.58 bits per heavy atom. The zero-order chi connectivity index (χ0) is 24.0. The summed E-state index contributed by atoms with van der Waals surface area (Å²) in [4.78, 5) is 38.6. The number of ketones is 1. The van der Waals surface area contributed by atoms with Crippen LogP contribution in [0.5, 0.6) is 0 Å². The number of hydrogen-bond donors (Lipinski definition) is 1. The lowest BCUT2D eigenvalue weighted by Gasteiger charge is -2.19. The molecule has 0 saturated heterocycles. The fourth-order valence-corrected chi connectivity index (χ4v) is 3.64. The Balaban J connectivity index is 1.74. The summed E-state index contributed by atoms with van der Waals surface area (Å²) in [5, 5.41) is 7.02. The molecule has 0 unspecified atom stereocenters. The first-order chi connectivity index (χ1) is 15.8. The van der Waals surface area contributed by atoms with E-state index in [0.717, 1.165) is 11.3 Å². The molecule has 1 N–H and O–H groups in total. The van der Waals surface area contributed by atoms with Gasteiger partial charge in [0, 0.05) is 0 Å². The summed E-state index contributed by atoms with van der Waals surface area (Å²) >= 11 is 0. The minimum Gasteiger partial charge on any atom is -0.459 e. The molecule has 1 aromatic heterocycles. The maximum atomic E-state index is 13.0. The summed E-state index contributed by atoms with van der Waals surface area (Å²) in [6, 6.07) is 17.7. The minimum absolute atomic E-state index is 0.0974. The lowest BCUT2D eigenvalue weighted by atomic mass is 10.0. The van der Waals surface area contributed by atoms with Gasteiger partial charge in [0.1, 0.15) is 12.6 Å². The predicted molar refractivity (Wildman–Crippen MR) is 125 cm³/mol. The van der Waals surface area contributed by atoms with Crippen LogP contribution in [0.3, 0.4) is 0 Å². The van der Waals surface area contributed by atoms with Gasteiger partial charge < -0.3 is 10.1 Å². The van der Waals surface area contributed by atoms with Gasteiger partial charge in [-0.25, -0.2) is 9.48 Å². The molecular formula is C26H29N3O4. The fourth-order valence-electron chi connectivity index (χ4n) is 3.64. The first kappa shape index (κ1) is 23.9. The van der Waals surface area contributed by atoms with Gasteiger partial charge in [0.25, 0.3) is 11.7 Å². The summed E-state index contributed by atoms with van der Waals surface area (Å²) in [5.74, 6) is -2.03. The summed E-state index contributed by atoms with van der Waals surface area (Å²) < 4.78 is 7.04. The van der Waals surface area contributed by atoms with Crippen molar-refractivity contribution in [2.45, 2.75) is 46.8 Å². The average molecular weight is 448 g/mol. The Labute approximate surface area is 193 Å². The Kier molecular flexibility index (Phi) is 7.77. The molecule has 1 atom stereocenters. The van der Waals surface area contributed by atoms with E-state index in [1.54, 1.807) is 18.5 Å². The Morgan fingerprint density at radius 3 is 2.18 bits per heavy atom. The number of aryl methyl sites for hydroxylation is 1. The number of Topliss-reactive ketones (excluding diaryl/α,β-unsaturated/α-hetero) is 1. The number of para-hydroxylation sites is 1. The van der Waals surface area contributed by atoms with Crippen LogP contribution in [0.25, 0.3) is 5.69 Å². The van der Waals surface area contributed by atoms with Gasteiger partial charge in [-0.3, -0.25) is 9.59 Å². The van der Waals surface area contributed by atoms with E-state index in [2.05, 4.69) is 10.4 Å². The van der Waals surface area contributed by atoms with Gasteiger partial charge >= 0.3 is 5.97 Å². The maximum absolute atomic E-state index is 13.0. The molecule has 2 aromatic carbocycles. The molecule has 1 amide bonds. The quantitative estimate of drug-likeness (QED) is 0.305. The monoisotopic (exact) mass is 447 g/mol. The third-order valence-corrected chi connectivity index (χ3v) is 5.25. The van der Waals surface area contributed by atoms with Crippen LogP contribution in [0.4, 0.5) is 0 Å². The molecule has 7 heteroatoms. The highest BCUT2D eigenvalue weighted by Gasteiger charge is 2.30. The average Bonchev–Trinajstić information content (AvgIpc) is 3.11. The van der Waals surface area contributed by atoms with E-state index in [-0.39, 0.29) is 18.1 Å². The number of amides is 1. The number of rotatable bonds is 9. The van der Waals surface area contributed by atoms with E-state index in [9.17, 15) is 14.4 Å². The normalized spacial score (nSPS) is 11.8. The second-order valence-corrected chi connectivity index (χ2v) is 8.37. The van der Waals surface area contributed by atoms with Crippen LogP contribution in [-0.2, 0) is 20.9 Å². The van der Waals surface area contributed by atoms with Gasteiger partial charge in [-0.15, -0.1) is 0 Å². The molecule has 0 fully saturated rings. The summed E-state index contributed by atoms with van der Waals surface area (Å²) in [5.41, 5.74) is 2.88. The predicted octanol–water partition coefficient (Wildman–Crippen LogP) is 3.95. The molecule has 3 rings (SSSR count). The molecule has 0 aliphatic heterocycles. The van der Waals surface area contributed by atoms with E-state index in [1.807, 2.05) is 74.5 Å². The van der Waals surface area contributed by atoms with Crippen molar-refractivity contribution in [3.8, 4) is 5.69 Å². The molecule has 0 aliphatic carbocycles. The van der Waals surface area contributed by atoms with Crippen molar-refractivity contribution in [1.82, 2.24) is 15.1 Å². The molecule has 0 bridgehead atoms. The second kappa shape index (κ2) is 10.7. The molecule has 0 radical (unpaired) electrons. The van der Waals surface area contributed by atoms with Crippen LogP contribution in [-0.4, -0.2) is 33.5 Å². The van der Waals surface area contributed by atoms with E-state index in [0.29, 0.717) is 17.8 Å². The first-order valence-corrected chi connectivity index (χ1v) is 10.9. The van der Waals surface area contributed by atoms with E-state index < -0.39 is 23.7 Å². The first-order valence-electron chi connectivity index (χ1n) is 10.9. The van der Waals surface area contributed by atoms with Crippen LogP contribution < -0.4 is 5.32 Å². The molecular weight excluding hydrogens is 418 g/mol.